The van der Waals surface area contributed by atoms with E-state index in [0.29, 0.717) is 12.0 Å². The van der Waals surface area contributed by atoms with Gasteiger partial charge in [0.15, 0.2) is 6.29 Å². The van der Waals surface area contributed by atoms with Crippen molar-refractivity contribution >= 4 is 6.29 Å². The van der Waals surface area contributed by atoms with Crippen LogP contribution in [0.25, 0.3) is 0 Å². The van der Waals surface area contributed by atoms with E-state index in [1.807, 2.05) is 0 Å². The average Bonchev–Trinajstić information content (AvgIpc) is 2.92. The summed E-state index contributed by atoms with van der Waals surface area (Å²) in [5, 5.41) is 0. The van der Waals surface area contributed by atoms with Crippen LogP contribution in [0.15, 0.2) is 12.1 Å². The molecule has 2 rings (SSSR count). The number of carbonyl (C=O) groups is 1. The molecule has 1 saturated carbocycles. The summed E-state index contributed by atoms with van der Waals surface area (Å²) in [6.45, 7) is 0. The summed E-state index contributed by atoms with van der Waals surface area (Å²) in [6, 6.07) is 2.62. The zero-order chi connectivity index (χ0) is 9.26. The molecule has 0 unspecified atom stereocenters. The van der Waals surface area contributed by atoms with Gasteiger partial charge < -0.3 is 4.74 Å². The number of pyridine rings is 1. The molecule has 0 saturated heterocycles. The van der Waals surface area contributed by atoms with Crippen LogP contribution >= 0.6 is 0 Å². The van der Waals surface area contributed by atoms with Gasteiger partial charge in [0, 0.05) is 0 Å². The number of halogens is 1. The van der Waals surface area contributed by atoms with E-state index in [-0.39, 0.29) is 11.8 Å². The minimum Gasteiger partial charge on any atom is -0.488 e. The largest absolute Gasteiger partial charge is 0.488 e. The van der Waals surface area contributed by atoms with E-state index < -0.39 is 5.95 Å². The number of ether oxygens (including phenoxy) is 1. The molecule has 1 heterocycles. The Kier molecular flexibility index (Phi) is 1.96. The zero-order valence-electron chi connectivity index (χ0n) is 6.87. The van der Waals surface area contributed by atoms with E-state index in [9.17, 15) is 9.18 Å². The summed E-state index contributed by atoms with van der Waals surface area (Å²) in [5.74, 6) is -0.288. The molecule has 0 atom stereocenters. The van der Waals surface area contributed by atoms with Gasteiger partial charge in [0.1, 0.15) is 11.4 Å². The monoisotopic (exact) mass is 181 g/mol. The molecular weight excluding hydrogens is 173 g/mol. The van der Waals surface area contributed by atoms with E-state index >= 15 is 0 Å². The Hall–Kier alpha value is -1.45. The van der Waals surface area contributed by atoms with Crippen molar-refractivity contribution in [1.29, 1.82) is 0 Å². The molecule has 1 aliphatic carbocycles. The van der Waals surface area contributed by atoms with E-state index in [1.54, 1.807) is 0 Å². The van der Waals surface area contributed by atoms with Crippen molar-refractivity contribution in [2.24, 2.45) is 0 Å². The Morgan fingerprint density at radius 1 is 1.54 bits per heavy atom. The zero-order valence-corrected chi connectivity index (χ0v) is 6.87. The third-order valence-corrected chi connectivity index (χ3v) is 1.78. The predicted molar refractivity (Wildman–Crippen MR) is 43.2 cm³/mol. The third-order valence-electron chi connectivity index (χ3n) is 1.78. The van der Waals surface area contributed by atoms with E-state index in [4.69, 9.17) is 4.74 Å². The average molecular weight is 181 g/mol. The second-order valence-corrected chi connectivity index (χ2v) is 2.95. The summed E-state index contributed by atoms with van der Waals surface area (Å²) in [5.41, 5.74) is 0.0342. The molecule has 4 heteroatoms. The molecule has 68 valence electrons. The van der Waals surface area contributed by atoms with Crippen LogP contribution in [0.2, 0.25) is 0 Å². The standard InChI is InChI=1S/C9H8FNO2/c10-9-4-3-8(7(5-12)11-9)13-6-1-2-6/h3-6H,1-2H2. The van der Waals surface area contributed by atoms with Gasteiger partial charge in [0.25, 0.3) is 0 Å². The molecule has 3 nitrogen and oxygen atoms in total. The molecule has 0 bridgehead atoms. The van der Waals surface area contributed by atoms with Crippen LogP contribution in [0, 0.1) is 5.95 Å². The molecule has 1 fully saturated rings. The molecule has 0 amide bonds. The van der Waals surface area contributed by atoms with Crippen molar-refractivity contribution in [3.63, 3.8) is 0 Å². The highest BCUT2D eigenvalue weighted by Gasteiger charge is 2.24. The highest BCUT2D eigenvalue weighted by atomic mass is 19.1. The molecule has 1 aromatic heterocycles. The number of aromatic nitrogens is 1. The SMILES string of the molecule is O=Cc1nc(F)ccc1OC1CC1. The van der Waals surface area contributed by atoms with Crippen molar-refractivity contribution in [1.82, 2.24) is 4.98 Å². The quantitative estimate of drug-likeness (QED) is 0.525. The topological polar surface area (TPSA) is 39.2 Å². The van der Waals surface area contributed by atoms with Crippen LogP contribution in [0.1, 0.15) is 23.3 Å². The number of nitrogens with zero attached hydrogens (tertiary/aromatic N) is 1. The molecule has 13 heavy (non-hydrogen) atoms. The third kappa shape index (κ3) is 1.83. The first kappa shape index (κ1) is 8.16. The minimum absolute atomic E-state index is 0.0342. The molecule has 0 aliphatic heterocycles. The maximum absolute atomic E-state index is 12.6. The second kappa shape index (κ2) is 3.12. The summed E-state index contributed by atoms with van der Waals surface area (Å²) in [6.07, 6.45) is 2.68. The highest BCUT2D eigenvalue weighted by Crippen LogP contribution is 2.27. The normalized spacial score (nSPS) is 15.5. The molecule has 0 spiro atoms. The lowest BCUT2D eigenvalue weighted by Crippen LogP contribution is -2.02. The van der Waals surface area contributed by atoms with Gasteiger partial charge in [-0.2, -0.15) is 4.39 Å². The second-order valence-electron chi connectivity index (χ2n) is 2.95. The Bertz CT molecular complexity index is 336. The van der Waals surface area contributed by atoms with Crippen molar-refractivity contribution in [2.75, 3.05) is 0 Å². The first-order chi connectivity index (χ1) is 6.29. The van der Waals surface area contributed by atoms with Crippen molar-refractivity contribution in [2.45, 2.75) is 18.9 Å². The Labute approximate surface area is 74.5 Å². The van der Waals surface area contributed by atoms with Gasteiger partial charge in [-0.1, -0.05) is 0 Å². The minimum atomic E-state index is -0.662. The van der Waals surface area contributed by atoms with E-state index in [2.05, 4.69) is 4.98 Å². The van der Waals surface area contributed by atoms with Crippen LogP contribution in [0.3, 0.4) is 0 Å². The molecule has 1 aromatic rings. The lowest BCUT2D eigenvalue weighted by molar-refractivity contribution is 0.111. The number of rotatable bonds is 3. The van der Waals surface area contributed by atoms with Gasteiger partial charge in [0.05, 0.1) is 6.10 Å². The van der Waals surface area contributed by atoms with Gasteiger partial charge >= 0.3 is 0 Å². The Morgan fingerprint density at radius 3 is 2.92 bits per heavy atom. The molecule has 0 aromatic carbocycles. The lowest BCUT2D eigenvalue weighted by atomic mass is 10.3. The van der Waals surface area contributed by atoms with Crippen LogP contribution < -0.4 is 4.74 Å². The van der Waals surface area contributed by atoms with Crippen LogP contribution in [0.4, 0.5) is 4.39 Å². The van der Waals surface area contributed by atoms with Gasteiger partial charge in [-0.15, -0.1) is 0 Å². The van der Waals surface area contributed by atoms with Gasteiger partial charge in [-0.05, 0) is 25.0 Å². The maximum Gasteiger partial charge on any atom is 0.213 e. The van der Waals surface area contributed by atoms with Crippen molar-refractivity contribution < 1.29 is 13.9 Å². The summed E-state index contributed by atoms with van der Waals surface area (Å²) < 4.78 is 17.9. The van der Waals surface area contributed by atoms with Gasteiger partial charge in [-0.25, -0.2) is 4.98 Å². The molecule has 1 aliphatic rings. The van der Waals surface area contributed by atoms with Gasteiger partial charge in [-0.3, -0.25) is 4.79 Å². The highest BCUT2D eigenvalue weighted by molar-refractivity contribution is 5.76. The summed E-state index contributed by atoms with van der Waals surface area (Å²) in [7, 11) is 0. The Morgan fingerprint density at radius 2 is 2.31 bits per heavy atom. The smallest absolute Gasteiger partial charge is 0.213 e. The van der Waals surface area contributed by atoms with Crippen LogP contribution in [0.5, 0.6) is 5.75 Å². The number of hydrogen-bond donors (Lipinski definition) is 0. The molecule has 0 N–H and O–H groups in total. The summed E-state index contributed by atoms with van der Waals surface area (Å²) >= 11 is 0. The fourth-order valence-electron chi connectivity index (χ4n) is 0.987. The Balaban J connectivity index is 2.25. The van der Waals surface area contributed by atoms with Crippen LogP contribution in [-0.4, -0.2) is 17.4 Å². The molecular formula is C9H8FNO2. The first-order valence-corrected chi connectivity index (χ1v) is 4.08. The van der Waals surface area contributed by atoms with Crippen molar-refractivity contribution in [3.8, 4) is 5.75 Å². The lowest BCUT2D eigenvalue weighted by Gasteiger charge is -2.05. The first-order valence-electron chi connectivity index (χ1n) is 4.08. The molecule has 0 radical (unpaired) electrons. The number of aldehydes is 1. The summed E-state index contributed by atoms with van der Waals surface area (Å²) in [4.78, 5) is 13.9. The van der Waals surface area contributed by atoms with Crippen molar-refractivity contribution in [3.05, 3.63) is 23.8 Å². The van der Waals surface area contributed by atoms with E-state index in [1.165, 1.54) is 12.1 Å². The maximum atomic E-state index is 12.6. The number of hydrogen-bond acceptors (Lipinski definition) is 3. The fraction of sp³-hybridized carbons (Fsp3) is 0.333. The van der Waals surface area contributed by atoms with Gasteiger partial charge in [0.2, 0.25) is 5.95 Å². The fourth-order valence-corrected chi connectivity index (χ4v) is 0.987. The number of carbonyl (C=O) groups excluding carboxylic acids is 1. The predicted octanol–water partition coefficient (Wildman–Crippen LogP) is 1.57. The van der Waals surface area contributed by atoms with E-state index in [0.717, 1.165) is 12.8 Å². The van der Waals surface area contributed by atoms with Crippen LogP contribution in [-0.2, 0) is 0 Å².